The number of halogens is 1. The molecule has 1 aromatic carbocycles. The van der Waals surface area contributed by atoms with Crippen LogP contribution in [0.4, 0.5) is 5.69 Å². The minimum absolute atomic E-state index is 0.0850. The normalized spacial score (nSPS) is 11.1. The number of thiophene rings is 1. The summed E-state index contributed by atoms with van der Waals surface area (Å²) in [5.41, 5.74) is 2.44. The van der Waals surface area contributed by atoms with Gasteiger partial charge in [-0.15, -0.1) is 11.3 Å². The van der Waals surface area contributed by atoms with Gasteiger partial charge >= 0.3 is 0 Å². The van der Waals surface area contributed by atoms with Crippen LogP contribution in [0.15, 0.2) is 64.3 Å². The van der Waals surface area contributed by atoms with E-state index in [-0.39, 0.29) is 24.4 Å². The zero-order chi connectivity index (χ0) is 22.0. The SMILES string of the molecule is Cc1sc2ncn(CCC(=O)N(Cc3ccccn3)c3ccc(Br)cc3)c(=O)c2c1C. The van der Waals surface area contributed by atoms with Gasteiger partial charge in [0.1, 0.15) is 4.83 Å². The molecule has 0 aliphatic carbocycles. The molecule has 0 saturated heterocycles. The van der Waals surface area contributed by atoms with Crippen LogP contribution in [0.2, 0.25) is 0 Å². The number of pyridine rings is 1. The topological polar surface area (TPSA) is 68.1 Å². The van der Waals surface area contributed by atoms with E-state index in [1.165, 1.54) is 22.2 Å². The minimum atomic E-state index is -0.0976. The first-order chi connectivity index (χ1) is 14.9. The molecule has 0 bridgehead atoms. The summed E-state index contributed by atoms with van der Waals surface area (Å²) in [6, 6.07) is 13.2. The molecule has 4 aromatic rings. The third-order valence-electron chi connectivity index (χ3n) is 5.21. The summed E-state index contributed by atoms with van der Waals surface area (Å²) in [4.78, 5) is 38.4. The van der Waals surface area contributed by atoms with Crippen LogP contribution in [-0.4, -0.2) is 20.4 Å². The lowest BCUT2D eigenvalue weighted by atomic mass is 10.2. The maximum Gasteiger partial charge on any atom is 0.262 e. The Balaban J connectivity index is 1.58. The number of hydrogen-bond acceptors (Lipinski definition) is 5. The lowest BCUT2D eigenvalue weighted by Gasteiger charge is -2.23. The van der Waals surface area contributed by atoms with Gasteiger partial charge < -0.3 is 4.90 Å². The number of nitrogens with zero attached hydrogens (tertiary/aromatic N) is 4. The summed E-state index contributed by atoms with van der Waals surface area (Å²) in [6.07, 6.45) is 3.43. The van der Waals surface area contributed by atoms with E-state index in [2.05, 4.69) is 25.9 Å². The van der Waals surface area contributed by atoms with Crippen LogP contribution in [0, 0.1) is 13.8 Å². The third kappa shape index (κ3) is 4.60. The molecule has 3 heterocycles. The van der Waals surface area contributed by atoms with Crippen molar-refractivity contribution in [1.29, 1.82) is 0 Å². The number of benzene rings is 1. The van der Waals surface area contributed by atoms with Crippen molar-refractivity contribution in [2.75, 3.05) is 4.90 Å². The van der Waals surface area contributed by atoms with Gasteiger partial charge in [-0.25, -0.2) is 4.98 Å². The fourth-order valence-electron chi connectivity index (χ4n) is 3.38. The highest BCUT2D eigenvalue weighted by Crippen LogP contribution is 2.25. The Morgan fingerprint density at radius 2 is 1.90 bits per heavy atom. The molecule has 0 aliphatic rings. The fraction of sp³-hybridized carbons (Fsp3) is 0.217. The summed E-state index contributed by atoms with van der Waals surface area (Å²) < 4.78 is 2.47. The average molecular weight is 497 g/mol. The molecule has 0 fully saturated rings. The summed E-state index contributed by atoms with van der Waals surface area (Å²) in [5.74, 6) is -0.0850. The number of anilines is 1. The zero-order valence-electron chi connectivity index (χ0n) is 17.2. The quantitative estimate of drug-likeness (QED) is 0.382. The number of hydrogen-bond donors (Lipinski definition) is 0. The van der Waals surface area contributed by atoms with Gasteiger partial charge in [0, 0.05) is 34.2 Å². The van der Waals surface area contributed by atoms with Crippen molar-refractivity contribution >= 4 is 49.1 Å². The zero-order valence-corrected chi connectivity index (χ0v) is 19.6. The van der Waals surface area contributed by atoms with Gasteiger partial charge in [-0.05, 0) is 55.8 Å². The second kappa shape index (κ2) is 9.11. The Kier molecular flexibility index (Phi) is 6.29. The molecule has 0 unspecified atom stereocenters. The van der Waals surface area contributed by atoms with Gasteiger partial charge in [0.25, 0.3) is 5.56 Å². The van der Waals surface area contributed by atoms with E-state index in [0.29, 0.717) is 11.9 Å². The van der Waals surface area contributed by atoms with E-state index in [9.17, 15) is 9.59 Å². The number of aromatic nitrogens is 3. The molecular weight excluding hydrogens is 476 g/mol. The lowest BCUT2D eigenvalue weighted by Crippen LogP contribution is -2.32. The highest BCUT2D eigenvalue weighted by atomic mass is 79.9. The predicted molar refractivity (Wildman–Crippen MR) is 128 cm³/mol. The first-order valence-corrected chi connectivity index (χ1v) is 11.5. The fourth-order valence-corrected chi connectivity index (χ4v) is 4.63. The van der Waals surface area contributed by atoms with Crippen molar-refractivity contribution in [3.05, 3.63) is 85.9 Å². The van der Waals surface area contributed by atoms with Gasteiger partial charge in [0.05, 0.1) is 24.0 Å². The lowest BCUT2D eigenvalue weighted by molar-refractivity contribution is -0.119. The first-order valence-electron chi connectivity index (χ1n) is 9.85. The highest BCUT2D eigenvalue weighted by molar-refractivity contribution is 9.10. The Morgan fingerprint density at radius 1 is 1.13 bits per heavy atom. The van der Waals surface area contributed by atoms with Gasteiger partial charge in [-0.1, -0.05) is 22.0 Å². The molecule has 4 rings (SSSR count). The van der Waals surface area contributed by atoms with Crippen LogP contribution in [0.3, 0.4) is 0 Å². The van der Waals surface area contributed by atoms with Crippen molar-refractivity contribution in [3.63, 3.8) is 0 Å². The molecule has 0 N–H and O–H groups in total. The molecule has 31 heavy (non-hydrogen) atoms. The number of carbonyl (C=O) groups is 1. The van der Waals surface area contributed by atoms with Crippen molar-refractivity contribution < 1.29 is 4.79 Å². The Hall–Kier alpha value is -2.84. The monoisotopic (exact) mass is 496 g/mol. The van der Waals surface area contributed by atoms with Crippen LogP contribution < -0.4 is 10.5 Å². The molecule has 0 atom stereocenters. The van der Waals surface area contributed by atoms with Gasteiger partial charge in [0.2, 0.25) is 5.91 Å². The molecule has 0 spiro atoms. The van der Waals surface area contributed by atoms with E-state index in [0.717, 1.165) is 31.1 Å². The molecule has 1 amide bonds. The largest absolute Gasteiger partial charge is 0.306 e. The Bertz CT molecular complexity index is 1280. The molecule has 6 nitrogen and oxygen atoms in total. The van der Waals surface area contributed by atoms with Crippen molar-refractivity contribution in [3.8, 4) is 0 Å². The van der Waals surface area contributed by atoms with E-state index in [1.807, 2.05) is 56.3 Å². The van der Waals surface area contributed by atoms with Crippen LogP contribution in [0.5, 0.6) is 0 Å². The second-order valence-electron chi connectivity index (χ2n) is 7.23. The average Bonchev–Trinajstić information content (AvgIpc) is 3.07. The van der Waals surface area contributed by atoms with Crippen molar-refractivity contribution in [1.82, 2.24) is 14.5 Å². The van der Waals surface area contributed by atoms with Gasteiger partial charge in [0.15, 0.2) is 0 Å². The second-order valence-corrected chi connectivity index (χ2v) is 9.35. The maximum atomic E-state index is 13.2. The summed E-state index contributed by atoms with van der Waals surface area (Å²) in [6.45, 7) is 4.55. The van der Waals surface area contributed by atoms with Crippen molar-refractivity contribution in [2.24, 2.45) is 0 Å². The van der Waals surface area contributed by atoms with Gasteiger partial charge in [-0.2, -0.15) is 0 Å². The Labute approximate surface area is 192 Å². The van der Waals surface area contributed by atoms with Gasteiger partial charge in [-0.3, -0.25) is 19.1 Å². The number of fused-ring (bicyclic) bond motifs is 1. The molecule has 0 saturated carbocycles. The molecule has 158 valence electrons. The number of rotatable bonds is 6. The van der Waals surface area contributed by atoms with Crippen molar-refractivity contribution in [2.45, 2.75) is 33.4 Å². The number of aryl methyl sites for hydroxylation is 3. The van der Waals surface area contributed by atoms with E-state index >= 15 is 0 Å². The standard InChI is InChI=1S/C23H21BrN4O2S/c1-15-16(2)31-22-21(15)23(30)27(14-26-22)12-10-20(29)28(13-18-5-3-4-11-25-18)19-8-6-17(24)7-9-19/h3-9,11,14H,10,12-13H2,1-2H3. The summed E-state index contributed by atoms with van der Waals surface area (Å²) in [5, 5.41) is 0.649. The molecule has 8 heteroatoms. The summed E-state index contributed by atoms with van der Waals surface area (Å²) >= 11 is 4.96. The smallest absolute Gasteiger partial charge is 0.262 e. The van der Waals surface area contributed by atoms with E-state index in [4.69, 9.17) is 0 Å². The molecule has 0 radical (unpaired) electrons. The van der Waals surface area contributed by atoms with Crippen LogP contribution in [-0.2, 0) is 17.9 Å². The Morgan fingerprint density at radius 3 is 2.61 bits per heavy atom. The maximum absolute atomic E-state index is 13.2. The van der Waals surface area contributed by atoms with Crippen LogP contribution >= 0.6 is 27.3 Å². The molecule has 0 aliphatic heterocycles. The van der Waals surface area contributed by atoms with E-state index < -0.39 is 0 Å². The van der Waals surface area contributed by atoms with Crippen LogP contribution in [0.1, 0.15) is 22.6 Å². The minimum Gasteiger partial charge on any atom is -0.306 e. The van der Waals surface area contributed by atoms with Crippen LogP contribution in [0.25, 0.3) is 10.2 Å². The third-order valence-corrected chi connectivity index (χ3v) is 6.85. The number of carbonyl (C=O) groups excluding carboxylic acids is 1. The van der Waals surface area contributed by atoms with E-state index in [1.54, 1.807) is 11.1 Å². The molecule has 3 aromatic heterocycles. The molecular formula is C23H21BrN4O2S. The summed E-state index contributed by atoms with van der Waals surface area (Å²) in [7, 11) is 0. The predicted octanol–water partition coefficient (Wildman–Crippen LogP) is 4.86. The first kappa shape index (κ1) is 21.4. The number of amides is 1. The highest BCUT2D eigenvalue weighted by Gasteiger charge is 2.18.